The maximum absolute atomic E-state index is 11.0. The van der Waals surface area contributed by atoms with Gasteiger partial charge in [-0.05, 0) is 32.3 Å². The van der Waals surface area contributed by atoms with E-state index in [4.69, 9.17) is 0 Å². The second-order valence-electron chi connectivity index (χ2n) is 4.39. The summed E-state index contributed by atoms with van der Waals surface area (Å²) in [6.45, 7) is 4.46. The Balaban J connectivity index is 2.28. The number of nitrogens with one attached hydrogen (secondary N) is 1. The molecule has 3 nitrogen and oxygen atoms in total. The number of carbonyl (C=O) groups is 1. The van der Waals surface area contributed by atoms with Gasteiger partial charge in [-0.2, -0.15) is 0 Å². The average molecular weight is 235 g/mol. The average Bonchev–Trinajstić information content (AvgIpc) is 2.33. The van der Waals surface area contributed by atoms with Gasteiger partial charge >= 0.3 is 5.97 Å². The maximum Gasteiger partial charge on any atom is 0.319 e. The van der Waals surface area contributed by atoms with Crippen molar-refractivity contribution >= 4 is 5.97 Å². The number of hydrogen-bond acceptors (Lipinski definition) is 3. The summed E-state index contributed by atoms with van der Waals surface area (Å²) in [7, 11) is 1.40. The lowest BCUT2D eigenvalue weighted by Crippen LogP contribution is -2.32. The van der Waals surface area contributed by atoms with Gasteiger partial charge in [-0.3, -0.25) is 4.79 Å². The molecule has 1 atom stereocenters. The largest absolute Gasteiger partial charge is 0.468 e. The van der Waals surface area contributed by atoms with E-state index in [1.165, 1.54) is 18.2 Å². The van der Waals surface area contributed by atoms with Crippen molar-refractivity contribution in [2.45, 2.75) is 32.7 Å². The van der Waals surface area contributed by atoms with Crippen LogP contribution < -0.4 is 5.32 Å². The summed E-state index contributed by atoms with van der Waals surface area (Å²) in [6, 6.07) is 8.83. The van der Waals surface area contributed by atoms with Crippen LogP contribution in [0.3, 0.4) is 0 Å². The zero-order chi connectivity index (χ0) is 12.7. The third kappa shape index (κ3) is 5.50. The molecule has 17 heavy (non-hydrogen) atoms. The van der Waals surface area contributed by atoms with Gasteiger partial charge in [0.25, 0.3) is 0 Å². The molecule has 0 saturated carbocycles. The highest BCUT2D eigenvalue weighted by Crippen LogP contribution is 2.07. The smallest absolute Gasteiger partial charge is 0.319 e. The molecule has 94 valence electrons. The number of methoxy groups -OCH3 is 1. The monoisotopic (exact) mass is 235 g/mol. The molecule has 0 bridgehead atoms. The summed E-state index contributed by atoms with van der Waals surface area (Å²) >= 11 is 0. The third-order valence-electron chi connectivity index (χ3n) is 2.77. The highest BCUT2D eigenvalue weighted by Gasteiger charge is 2.05. The molecule has 0 saturated heterocycles. The topological polar surface area (TPSA) is 38.3 Å². The summed E-state index contributed by atoms with van der Waals surface area (Å²) in [5.41, 5.74) is 2.63. The molecular formula is C14H21NO2. The van der Waals surface area contributed by atoms with E-state index < -0.39 is 0 Å². The Morgan fingerprint density at radius 2 is 2.24 bits per heavy atom. The van der Waals surface area contributed by atoms with Crippen LogP contribution in [-0.4, -0.2) is 25.7 Å². The molecule has 1 rings (SSSR count). The minimum Gasteiger partial charge on any atom is -0.468 e. The van der Waals surface area contributed by atoms with Crippen LogP contribution in [0.5, 0.6) is 0 Å². The van der Waals surface area contributed by atoms with Crippen molar-refractivity contribution < 1.29 is 9.53 Å². The van der Waals surface area contributed by atoms with Crippen LogP contribution in [-0.2, 0) is 16.0 Å². The second kappa shape index (κ2) is 7.07. The first-order chi connectivity index (χ1) is 8.11. The Hall–Kier alpha value is -1.35. The molecule has 0 radical (unpaired) electrons. The van der Waals surface area contributed by atoms with E-state index in [9.17, 15) is 4.79 Å². The van der Waals surface area contributed by atoms with Crippen molar-refractivity contribution in [1.29, 1.82) is 0 Å². The van der Waals surface area contributed by atoms with Crippen LogP contribution in [0.15, 0.2) is 24.3 Å². The van der Waals surface area contributed by atoms with Crippen LogP contribution in [0.4, 0.5) is 0 Å². The molecule has 0 aliphatic heterocycles. The fourth-order valence-corrected chi connectivity index (χ4v) is 1.68. The summed E-state index contributed by atoms with van der Waals surface area (Å²) in [5.74, 6) is -0.215. The number of carbonyl (C=O) groups excluding carboxylic acids is 1. The molecule has 0 aliphatic carbocycles. The van der Waals surface area contributed by atoms with E-state index in [2.05, 4.69) is 48.2 Å². The Kier molecular flexibility index (Phi) is 5.70. The fraction of sp³-hybridized carbons (Fsp3) is 0.500. The second-order valence-corrected chi connectivity index (χ2v) is 4.39. The van der Waals surface area contributed by atoms with Crippen LogP contribution in [0.2, 0.25) is 0 Å². The summed E-state index contributed by atoms with van der Waals surface area (Å²) in [4.78, 5) is 11.0. The molecule has 0 amide bonds. The highest BCUT2D eigenvalue weighted by molar-refractivity contribution is 5.71. The minimum absolute atomic E-state index is 0.215. The van der Waals surface area contributed by atoms with E-state index in [1.54, 1.807) is 0 Å². The van der Waals surface area contributed by atoms with Crippen LogP contribution in [0.1, 0.15) is 24.5 Å². The van der Waals surface area contributed by atoms with Gasteiger partial charge in [0.1, 0.15) is 0 Å². The van der Waals surface area contributed by atoms with Crippen LogP contribution in [0.25, 0.3) is 0 Å². The number of hydrogen-bond donors (Lipinski definition) is 1. The van der Waals surface area contributed by atoms with E-state index in [1.807, 2.05) is 0 Å². The molecule has 0 aliphatic rings. The molecule has 1 unspecified atom stereocenters. The highest BCUT2D eigenvalue weighted by atomic mass is 16.5. The van der Waals surface area contributed by atoms with Gasteiger partial charge in [-0.1, -0.05) is 29.8 Å². The Bertz CT molecular complexity index is 363. The normalized spacial score (nSPS) is 12.2. The summed E-state index contributed by atoms with van der Waals surface area (Å²) in [5, 5.41) is 3.14. The van der Waals surface area contributed by atoms with E-state index in [0.717, 1.165) is 12.8 Å². The van der Waals surface area contributed by atoms with E-state index in [-0.39, 0.29) is 12.5 Å². The van der Waals surface area contributed by atoms with Gasteiger partial charge in [0.2, 0.25) is 0 Å². The molecule has 0 spiro atoms. The fourth-order valence-electron chi connectivity index (χ4n) is 1.68. The van der Waals surface area contributed by atoms with Gasteiger partial charge in [0.05, 0.1) is 13.7 Å². The molecule has 1 aromatic carbocycles. The molecule has 0 fully saturated rings. The van der Waals surface area contributed by atoms with Crippen molar-refractivity contribution in [2.75, 3.05) is 13.7 Å². The first kappa shape index (κ1) is 13.7. The maximum atomic E-state index is 11.0. The predicted octanol–water partition coefficient (Wildman–Crippen LogP) is 2.08. The molecule has 0 heterocycles. The van der Waals surface area contributed by atoms with Gasteiger partial charge in [0.15, 0.2) is 0 Å². The van der Waals surface area contributed by atoms with Crippen LogP contribution >= 0.6 is 0 Å². The Morgan fingerprint density at radius 3 is 2.88 bits per heavy atom. The van der Waals surface area contributed by atoms with Crippen molar-refractivity contribution in [3.05, 3.63) is 35.4 Å². The number of ether oxygens (including phenoxy) is 1. The Morgan fingerprint density at radius 1 is 1.47 bits per heavy atom. The summed E-state index contributed by atoms with van der Waals surface area (Å²) in [6.07, 6.45) is 2.04. The zero-order valence-electron chi connectivity index (χ0n) is 10.8. The van der Waals surface area contributed by atoms with Crippen molar-refractivity contribution in [2.24, 2.45) is 0 Å². The molecular weight excluding hydrogens is 214 g/mol. The van der Waals surface area contributed by atoms with Gasteiger partial charge in [-0.15, -0.1) is 0 Å². The summed E-state index contributed by atoms with van der Waals surface area (Å²) < 4.78 is 4.58. The number of benzene rings is 1. The van der Waals surface area contributed by atoms with Gasteiger partial charge in [-0.25, -0.2) is 0 Å². The van der Waals surface area contributed by atoms with E-state index in [0.29, 0.717) is 6.04 Å². The standard InChI is InChI=1S/C14H21NO2/c1-11-5-4-6-13(9-11)8-7-12(2)15-10-14(16)17-3/h4-6,9,12,15H,7-8,10H2,1-3H3. The van der Waals surface area contributed by atoms with Crippen molar-refractivity contribution in [1.82, 2.24) is 5.32 Å². The van der Waals surface area contributed by atoms with Gasteiger partial charge < -0.3 is 10.1 Å². The number of aryl methyl sites for hydroxylation is 2. The van der Waals surface area contributed by atoms with E-state index >= 15 is 0 Å². The minimum atomic E-state index is -0.215. The van der Waals surface area contributed by atoms with Crippen LogP contribution in [0, 0.1) is 6.92 Å². The SMILES string of the molecule is COC(=O)CNC(C)CCc1cccc(C)c1. The number of rotatable bonds is 6. The van der Waals surface area contributed by atoms with Crippen molar-refractivity contribution in [3.8, 4) is 0 Å². The van der Waals surface area contributed by atoms with Gasteiger partial charge in [0, 0.05) is 6.04 Å². The predicted molar refractivity (Wildman–Crippen MR) is 69.0 cm³/mol. The first-order valence-electron chi connectivity index (χ1n) is 5.97. The molecule has 0 aromatic heterocycles. The zero-order valence-corrected chi connectivity index (χ0v) is 10.8. The lowest BCUT2D eigenvalue weighted by Gasteiger charge is -2.12. The molecule has 1 aromatic rings. The van der Waals surface area contributed by atoms with Crippen molar-refractivity contribution in [3.63, 3.8) is 0 Å². The third-order valence-corrected chi connectivity index (χ3v) is 2.77. The number of esters is 1. The lowest BCUT2D eigenvalue weighted by molar-refractivity contribution is -0.139. The quantitative estimate of drug-likeness (QED) is 0.767. The Labute approximate surface area is 103 Å². The molecule has 3 heteroatoms. The molecule has 1 N–H and O–H groups in total. The lowest BCUT2D eigenvalue weighted by atomic mass is 10.0. The first-order valence-corrected chi connectivity index (χ1v) is 5.97.